The number of carbonyl (C=O) groups is 2. The van der Waals surface area contributed by atoms with Crippen molar-refractivity contribution < 1.29 is 18.4 Å². The van der Waals surface area contributed by atoms with E-state index in [0.29, 0.717) is 33.0 Å². The molecule has 2 heterocycles. The number of amides is 2. The first-order chi connectivity index (χ1) is 15.7. The highest BCUT2D eigenvalue weighted by molar-refractivity contribution is 6.31. The molecule has 4 nitrogen and oxygen atoms in total. The van der Waals surface area contributed by atoms with Crippen molar-refractivity contribution in [2.24, 2.45) is 0 Å². The van der Waals surface area contributed by atoms with Gasteiger partial charge in [0.1, 0.15) is 17.0 Å². The molecule has 0 aromatic heterocycles. The Morgan fingerprint density at radius 3 is 2.58 bits per heavy atom. The van der Waals surface area contributed by atoms with Crippen LogP contribution in [0.3, 0.4) is 0 Å². The maximum atomic E-state index is 14.7. The van der Waals surface area contributed by atoms with Crippen LogP contribution in [-0.2, 0) is 15.0 Å². The molecule has 1 saturated heterocycles. The van der Waals surface area contributed by atoms with E-state index in [0.717, 1.165) is 0 Å². The van der Waals surface area contributed by atoms with Gasteiger partial charge in [-0.2, -0.15) is 0 Å². The van der Waals surface area contributed by atoms with Crippen LogP contribution in [-0.4, -0.2) is 11.8 Å². The van der Waals surface area contributed by atoms with E-state index in [9.17, 15) is 18.4 Å². The molecule has 8 heteroatoms. The number of fused-ring (bicyclic) bond motifs is 2. The molecule has 33 heavy (non-hydrogen) atoms. The molecule has 0 radical (unpaired) electrons. The van der Waals surface area contributed by atoms with Crippen LogP contribution < -0.4 is 10.6 Å². The normalized spacial score (nSPS) is 23.9. The maximum Gasteiger partial charge on any atom is 0.238 e. The molecule has 3 aromatic rings. The van der Waals surface area contributed by atoms with Crippen LogP contribution >= 0.6 is 23.2 Å². The minimum absolute atomic E-state index is 0.0394. The highest BCUT2D eigenvalue weighted by Gasteiger charge is 2.61. The molecule has 3 aromatic carbocycles. The van der Waals surface area contributed by atoms with E-state index in [2.05, 4.69) is 10.6 Å². The lowest BCUT2D eigenvalue weighted by Crippen LogP contribution is -2.57. The van der Waals surface area contributed by atoms with Crippen LogP contribution in [0.25, 0.3) is 0 Å². The number of hydrogen-bond donors (Lipinski definition) is 2. The Kier molecular flexibility index (Phi) is 5.18. The number of rotatable bonds is 2. The Morgan fingerprint density at radius 2 is 1.82 bits per heavy atom. The summed E-state index contributed by atoms with van der Waals surface area (Å²) in [5.74, 6) is -2.64. The van der Waals surface area contributed by atoms with E-state index in [1.54, 1.807) is 37.3 Å². The number of hydrogen-bond acceptors (Lipinski definition) is 2. The van der Waals surface area contributed by atoms with Gasteiger partial charge < -0.3 is 10.6 Å². The molecular formula is C25H18Cl2F2N2O2. The first-order valence-corrected chi connectivity index (χ1v) is 11.1. The van der Waals surface area contributed by atoms with Crippen molar-refractivity contribution >= 4 is 40.7 Å². The highest BCUT2D eigenvalue weighted by atomic mass is 35.5. The fraction of sp³-hybridized carbons (Fsp3) is 0.200. The average molecular weight is 487 g/mol. The van der Waals surface area contributed by atoms with Crippen LogP contribution in [0.5, 0.6) is 0 Å². The summed E-state index contributed by atoms with van der Waals surface area (Å²) in [6, 6.07) is 12.7. The van der Waals surface area contributed by atoms with E-state index >= 15 is 0 Å². The van der Waals surface area contributed by atoms with Gasteiger partial charge in [-0.3, -0.25) is 9.59 Å². The maximum absolute atomic E-state index is 14.7. The van der Waals surface area contributed by atoms with Gasteiger partial charge in [0.05, 0.1) is 11.1 Å². The largest absolute Gasteiger partial charge is 0.348 e. The SMILES string of the molecule is Cc1ccc(F)cc1C1NC(=O)CC(c2cccc(Cl)c2)C12C(=O)Nc1cc(Cl)c(F)cc12. The number of anilines is 1. The van der Waals surface area contributed by atoms with Crippen LogP contribution in [0.4, 0.5) is 14.5 Å². The van der Waals surface area contributed by atoms with Crippen LogP contribution in [0, 0.1) is 18.6 Å². The van der Waals surface area contributed by atoms with Crippen LogP contribution in [0.1, 0.15) is 40.6 Å². The van der Waals surface area contributed by atoms with Crippen molar-refractivity contribution in [1.29, 1.82) is 0 Å². The van der Waals surface area contributed by atoms with Gasteiger partial charge in [-0.15, -0.1) is 0 Å². The number of halogens is 4. The van der Waals surface area contributed by atoms with Gasteiger partial charge >= 0.3 is 0 Å². The van der Waals surface area contributed by atoms with Gasteiger partial charge in [-0.1, -0.05) is 41.4 Å². The summed E-state index contributed by atoms with van der Waals surface area (Å²) in [5, 5.41) is 6.02. The summed E-state index contributed by atoms with van der Waals surface area (Å²) in [5.41, 5.74) is 1.02. The lowest BCUT2D eigenvalue weighted by molar-refractivity contribution is -0.131. The molecule has 2 amide bonds. The molecule has 1 fully saturated rings. The van der Waals surface area contributed by atoms with E-state index < -0.39 is 34.9 Å². The van der Waals surface area contributed by atoms with E-state index in [1.807, 2.05) is 0 Å². The Labute approximate surface area is 198 Å². The molecule has 2 aliphatic heterocycles. The van der Waals surface area contributed by atoms with Crippen LogP contribution in [0.2, 0.25) is 10.0 Å². The van der Waals surface area contributed by atoms with Crippen molar-refractivity contribution in [3.63, 3.8) is 0 Å². The third kappa shape index (κ3) is 3.31. The molecule has 3 unspecified atom stereocenters. The molecular weight excluding hydrogens is 469 g/mol. The van der Waals surface area contributed by atoms with E-state index in [4.69, 9.17) is 23.2 Å². The Hall–Kier alpha value is -2.96. The third-order valence-corrected chi connectivity index (χ3v) is 7.16. The second kappa shape index (κ2) is 7.82. The van der Waals surface area contributed by atoms with Gasteiger partial charge in [0, 0.05) is 23.0 Å². The fourth-order valence-corrected chi connectivity index (χ4v) is 5.57. The van der Waals surface area contributed by atoms with Gasteiger partial charge in [0.25, 0.3) is 0 Å². The molecule has 0 bridgehead atoms. The third-order valence-electron chi connectivity index (χ3n) is 6.63. The molecule has 2 N–H and O–H groups in total. The quantitative estimate of drug-likeness (QED) is 0.479. The Bertz CT molecular complexity index is 1330. The molecule has 168 valence electrons. The van der Waals surface area contributed by atoms with Gasteiger partial charge in [-0.25, -0.2) is 8.78 Å². The van der Waals surface area contributed by atoms with Crippen LogP contribution in [0.15, 0.2) is 54.6 Å². The molecule has 5 rings (SSSR count). The molecule has 3 atom stereocenters. The number of nitrogens with one attached hydrogen (secondary N) is 2. The second-order valence-corrected chi connectivity index (χ2v) is 9.29. The molecule has 1 spiro atoms. The number of aryl methyl sites for hydroxylation is 1. The number of benzene rings is 3. The minimum atomic E-state index is -1.46. The van der Waals surface area contributed by atoms with Crippen molar-refractivity contribution in [2.45, 2.75) is 30.7 Å². The highest BCUT2D eigenvalue weighted by Crippen LogP contribution is 2.58. The summed E-state index contributed by atoms with van der Waals surface area (Å²) < 4.78 is 29.1. The molecule has 2 aliphatic rings. The zero-order valence-corrected chi connectivity index (χ0v) is 18.9. The standard InChI is InChI=1S/C25H18Cl2F2N2O2/c1-12-5-6-15(28)8-16(12)23-25(18-9-20(29)19(27)11-21(18)30-24(25)33)17(10-22(32)31-23)13-3-2-4-14(26)7-13/h2-9,11,17,23H,10H2,1H3,(H,30,33)(H,31,32). The number of carbonyl (C=O) groups excluding carboxylic acids is 2. The van der Waals surface area contributed by atoms with Crippen molar-refractivity contribution in [1.82, 2.24) is 5.32 Å². The summed E-state index contributed by atoms with van der Waals surface area (Å²) >= 11 is 12.3. The average Bonchev–Trinajstić information content (AvgIpc) is 3.03. The Morgan fingerprint density at radius 1 is 1.03 bits per heavy atom. The lowest BCUT2D eigenvalue weighted by atomic mass is 9.59. The lowest BCUT2D eigenvalue weighted by Gasteiger charge is -2.46. The van der Waals surface area contributed by atoms with E-state index in [1.165, 1.54) is 24.3 Å². The minimum Gasteiger partial charge on any atom is -0.348 e. The monoisotopic (exact) mass is 486 g/mol. The second-order valence-electron chi connectivity index (χ2n) is 8.45. The smallest absolute Gasteiger partial charge is 0.238 e. The fourth-order valence-electron chi connectivity index (χ4n) is 5.20. The summed E-state index contributed by atoms with van der Waals surface area (Å²) in [6.45, 7) is 1.77. The van der Waals surface area contributed by atoms with E-state index in [-0.39, 0.29) is 17.4 Å². The first kappa shape index (κ1) is 21.9. The van der Waals surface area contributed by atoms with Gasteiger partial charge in [0.2, 0.25) is 11.8 Å². The van der Waals surface area contributed by atoms with Gasteiger partial charge in [0.15, 0.2) is 0 Å². The first-order valence-electron chi connectivity index (χ1n) is 10.3. The predicted molar refractivity (Wildman–Crippen MR) is 123 cm³/mol. The Balaban J connectivity index is 1.85. The predicted octanol–water partition coefficient (Wildman–Crippen LogP) is 5.81. The van der Waals surface area contributed by atoms with Crippen molar-refractivity contribution in [2.75, 3.05) is 5.32 Å². The molecule has 0 aliphatic carbocycles. The topological polar surface area (TPSA) is 58.2 Å². The van der Waals surface area contributed by atoms with Gasteiger partial charge in [-0.05, 0) is 65.6 Å². The zero-order valence-electron chi connectivity index (χ0n) is 17.4. The van der Waals surface area contributed by atoms with Crippen molar-refractivity contribution in [3.8, 4) is 0 Å². The summed E-state index contributed by atoms with van der Waals surface area (Å²) in [6.07, 6.45) is -0.0394. The molecule has 0 saturated carbocycles. The van der Waals surface area contributed by atoms with Crippen molar-refractivity contribution in [3.05, 3.63) is 98.5 Å². The summed E-state index contributed by atoms with van der Waals surface area (Å²) in [7, 11) is 0. The zero-order chi connectivity index (χ0) is 23.5. The summed E-state index contributed by atoms with van der Waals surface area (Å²) in [4.78, 5) is 26.8. The number of piperidine rings is 1.